The van der Waals surface area contributed by atoms with Crippen LogP contribution >= 0.6 is 11.6 Å². The predicted molar refractivity (Wildman–Crippen MR) is 102 cm³/mol. The van der Waals surface area contributed by atoms with Gasteiger partial charge < -0.3 is 9.72 Å². The maximum atomic E-state index is 13.0. The number of halogens is 1. The van der Waals surface area contributed by atoms with E-state index in [0.717, 1.165) is 22.2 Å². The van der Waals surface area contributed by atoms with Gasteiger partial charge in [0, 0.05) is 41.1 Å². The number of benzene rings is 2. The van der Waals surface area contributed by atoms with Crippen LogP contribution in [0.4, 0.5) is 0 Å². The molecular weight excluding hydrogens is 388 g/mol. The summed E-state index contributed by atoms with van der Waals surface area (Å²) < 4.78 is 32.2. The summed E-state index contributed by atoms with van der Waals surface area (Å²) in [6.45, 7) is 0.625. The summed E-state index contributed by atoms with van der Waals surface area (Å²) in [5.41, 5.74) is 3.19. The number of rotatable bonds is 3. The first-order valence-corrected chi connectivity index (χ1v) is 10.2. The average molecular weight is 405 g/mol. The van der Waals surface area contributed by atoms with Gasteiger partial charge in [0.1, 0.15) is 0 Å². The second-order valence-electron chi connectivity index (χ2n) is 6.38. The molecule has 140 valence electrons. The molecule has 2 aromatic carbocycles. The predicted octanol–water partition coefficient (Wildman–Crippen LogP) is 3.35. The Morgan fingerprint density at radius 3 is 2.63 bits per heavy atom. The van der Waals surface area contributed by atoms with E-state index in [2.05, 4.69) is 4.98 Å². The van der Waals surface area contributed by atoms with Gasteiger partial charge >= 0.3 is 5.97 Å². The molecule has 2 heterocycles. The summed E-state index contributed by atoms with van der Waals surface area (Å²) in [7, 11) is -2.30. The third-order valence-corrected chi connectivity index (χ3v) is 6.92. The fraction of sp³-hybridized carbons (Fsp3) is 0.211. The van der Waals surface area contributed by atoms with Gasteiger partial charge in [-0.05, 0) is 48.0 Å². The maximum absolute atomic E-state index is 13.0. The molecule has 0 fully saturated rings. The lowest BCUT2D eigenvalue weighted by molar-refractivity contribution is 0.0601. The summed E-state index contributed by atoms with van der Waals surface area (Å²) in [4.78, 5) is 15.4. The number of aromatic amines is 1. The third kappa shape index (κ3) is 3.12. The van der Waals surface area contributed by atoms with Crippen LogP contribution in [0.1, 0.15) is 21.6 Å². The summed E-state index contributed by atoms with van der Waals surface area (Å²) in [6.07, 6.45) is 0.574. The number of methoxy groups -OCH3 is 1. The number of carbonyl (C=O) groups is 1. The van der Waals surface area contributed by atoms with Crippen molar-refractivity contribution in [1.82, 2.24) is 9.29 Å². The molecule has 0 bridgehead atoms. The molecule has 8 heteroatoms. The van der Waals surface area contributed by atoms with Crippen molar-refractivity contribution in [2.45, 2.75) is 17.9 Å². The second kappa shape index (κ2) is 6.67. The smallest absolute Gasteiger partial charge is 0.337 e. The van der Waals surface area contributed by atoms with E-state index < -0.39 is 16.0 Å². The van der Waals surface area contributed by atoms with Crippen molar-refractivity contribution >= 4 is 38.5 Å². The Balaban J connectivity index is 1.73. The summed E-state index contributed by atoms with van der Waals surface area (Å²) in [5, 5.41) is 1.32. The molecule has 0 radical (unpaired) electrons. The lowest BCUT2D eigenvalue weighted by Crippen LogP contribution is -2.35. The molecule has 1 aromatic heterocycles. The maximum Gasteiger partial charge on any atom is 0.337 e. The van der Waals surface area contributed by atoms with Crippen molar-refractivity contribution in [2.24, 2.45) is 0 Å². The van der Waals surface area contributed by atoms with Gasteiger partial charge in [-0.2, -0.15) is 4.31 Å². The number of nitrogens with one attached hydrogen (secondary N) is 1. The number of H-pyrrole nitrogens is 1. The Morgan fingerprint density at radius 1 is 1.19 bits per heavy atom. The molecule has 6 nitrogen and oxygen atoms in total. The summed E-state index contributed by atoms with van der Waals surface area (Å²) >= 11 is 5.87. The van der Waals surface area contributed by atoms with Gasteiger partial charge in [-0.1, -0.05) is 11.6 Å². The van der Waals surface area contributed by atoms with Crippen LogP contribution in [0.5, 0.6) is 0 Å². The number of nitrogens with zero attached hydrogens (tertiary/aromatic N) is 1. The highest BCUT2D eigenvalue weighted by Crippen LogP contribution is 2.31. The van der Waals surface area contributed by atoms with E-state index in [-0.39, 0.29) is 11.4 Å². The first-order valence-electron chi connectivity index (χ1n) is 8.37. The van der Waals surface area contributed by atoms with Crippen molar-refractivity contribution < 1.29 is 17.9 Å². The Morgan fingerprint density at radius 2 is 1.93 bits per heavy atom. The monoisotopic (exact) mass is 404 g/mol. The number of fused-ring (bicyclic) bond motifs is 3. The molecule has 1 N–H and O–H groups in total. The molecule has 1 aliphatic heterocycles. The topological polar surface area (TPSA) is 79.5 Å². The van der Waals surface area contributed by atoms with Gasteiger partial charge in [-0.3, -0.25) is 0 Å². The van der Waals surface area contributed by atoms with E-state index in [1.165, 1.54) is 23.5 Å². The lowest BCUT2D eigenvalue weighted by atomic mass is 10.0. The minimum atomic E-state index is -3.63. The molecule has 4 rings (SSSR count). The van der Waals surface area contributed by atoms with Crippen LogP contribution < -0.4 is 0 Å². The molecule has 0 saturated carbocycles. The van der Waals surface area contributed by atoms with Gasteiger partial charge in [0.05, 0.1) is 17.6 Å². The molecule has 0 amide bonds. The first kappa shape index (κ1) is 18.0. The highest BCUT2D eigenvalue weighted by atomic mass is 35.5. The Hall–Kier alpha value is -2.35. The number of esters is 1. The van der Waals surface area contributed by atoms with Crippen molar-refractivity contribution in [2.75, 3.05) is 13.7 Å². The van der Waals surface area contributed by atoms with Gasteiger partial charge in [0.25, 0.3) is 0 Å². The fourth-order valence-electron chi connectivity index (χ4n) is 3.40. The number of carbonyl (C=O) groups excluding carboxylic acids is 1. The molecule has 0 aliphatic carbocycles. The zero-order chi connectivity index (χ0) is 19.2. The molecular formula is C19H17ClN2O4S. The Kier molecular flexibility index (Phi) is 4.46. The van der Waals surface area contributed by atoms with E-state index >= 15 is 0 Å². The number of sulfonamides is 1. The summed E-state index contributed by atoms with van der Waals surface area (Å²) in [5.74, 6) is -0.423. The van der Waals surface area contributed by atoms with Crippen LogP contribution in [-0.2, 0) is 27.7 Å². The molecule has 0 spiro atoms. The SMILES string of the molecule is COC(=O)c1ccc2[nH]c3c(c2c1)CN(S(=O)(=O)c1ccc(Cl)cc1)CC3. The largest absolute Gasteiger partial charge is 0.465 e. The van der Waals surface area contributed by atoms with E-state index in [4.69, 9.17) is 16.3 Å². The zero-order valence-electron chi connectivity index (χ0n) is 14.5. The van der Waals surface area contributed by atoms with Crippen molar-refractivity contribution in [3.63, 3.8) is 0 Å². The number of hydrogen-bond acceptors (Lipinski definition) is 4. The van der Waals surface area contributed by atoms with Crippen LogP contribution in [0.15, 0.2) is 47.4 Å². The molecule has 0 saturated heterocycles. The van der Waals surface area contributed by atoms with Crippen LogP contribution in [0.2, 0.25) is 5.02 Å². The van der Waals surface area contributed by atoms with Crippen molar-refractivity contribution in [3.05, 3.63) is 64.3 Å². The van der Waals surface area contributed by atoms with Crippen molar-refractivity contribution in [1.29, 1.82) is 0 Å². The van der Waals surface area contributed by atoms with E-state index in [1.54, 1.807) is 24.3 Å². The zero-order valence-corrected chi connectivity index (χ0v) is 16.1. The van der Waals surface area contributed by atoms with Gasteiger partial charge in [0.2, 0.25) is 10.0 Å². The number of hydrogen-bond donors (Lipinski definition) is 1. The van der Waals surface area contributed by atoms with E-state index in [0.29, 0.717) is 23.6 Å². The highest BCUT2D eigenvalue weighted by molar-refractivity contribution is 7.89. The third-order valence-electron chi connectivity index (χ3n) is 4.81. The van der Waals surface area contributed by atoms with E-state index in [9.17, 15) is 13.2 Å². The molecule has 3 aromatic rings. The second-order valence-corrected chi connectivity index (χ2v) is 8.75. The summed E-state index contributed by atoms with van der Waals surface area (Å²) in [6, 6.07) is 11.4. The number of ether oxygens (including phenoxy) is 1. The molecule has 0 unspecified atom stereocenters. The highest BCUT2D eigenvalue weighted by Gasteiger charge is 2.30. The molecule has 1 aliphatic rings. The van der Waals surface area contributed by atoms with Crippen LogP contribution in [-0.4, -0.2) is 37.3 Å². The van der Waals surface area contributed by atoms with Gasteiger partial charge in [-0.15, -0.1) is 0 Å². The lowest BCUT2D eigenvalue weighted by Gasteiger charge is -2.26. The minimum absolute atomic E-state index is 0.213. The van der Waals surface area contributed by atoms with Gasteiger partial charge in [0.15, 0.2) is 0 Å². The quantitative estimate of drug-likeness (QED) is 0.679. The first-order chi connectivity index (χ1) is 12.9. The van der Waals surface area contributed by atoms with Crippen molar-refractivity contribution in [3.8, 4) is 0 Å². The van der Waals surface area contributed by atoms with E-state index in [1.807, 2.05) is 6.07 Å². The van der Waals surface area contributed by atoms with Crippen LogP contribution in [0.3, 0.4) is 0 Å². The normalized spacial score (nSPS) is 14.9. The average Bonchev–Trinajstić information content (AvgIpc) is 3.04. The van der Waals surface area contributed by atoms with Crippen LogP contribution in [0.25, 0.3) is 10.9 Å². The molecule has 0 atom stereocenters. The minimum Gasteiger partial charge on any atom is -0.465 e. The number of aromatic nitrogens is 1. The Bertz CT molecular complexity index is 1140. The standard InChI is InChI=1S/C19H17ClN2O4S/c1-26-19(23)12-2-7-17-15(10-12)16-11-22(9-8-18(16)21-17)27(24,25)14-5-3-13(20)4-6-14/h2-7,10,21H,8-9,11H2,1H3. The van der Waals surface area contributed by atoms with Crippen LogP contribution in [0, 0.1) is 0 Å². The molecule has 27 heavy (non-hydrogen) atoms. The Labute approximate surface area is 161 Å². The van der Waals surface area contributed by atoms with Gasteiger partial charge in [-0.25, -0.2) is 13.2 Å². The fourth-order valence-corrected chi connectivity index (χ4v) is 4.93.